The van der Waals surface area contributed by atoms with Gasteiger partial charge in [-0.25, -0.2) is 19.9 Å². The first-order valence-electron chi connectivity index (χ1n) is 20.8. The van der Waals surface area contributed by atoms with Gasteiger partial charge in [-0.05, 0) is 103 Å². The molecule has 0 amide bonds. The van der Waals surface area contributed by atoms with Crippen molar-refractivity contribution < 1.29 is 14.4 Å². The van der Waals surface area contributed by atoms with Crippen molar-refractivity contribution in [3.63, 3.8) is 0 Å². The molecule has 366 valence electrons. The summed E-state index contributed by atoms with van der Waals surface area (Å²) in [5, 5.41) is 14.1. The molecule has 8 heterocycles. The first-order valence-corrected chi connectivity index (χ1v) is 22.7. The Morgan fingerprint density at radius 3 is 1.38 bits per heavy atom. The van der Waals surface area contributed by atoms with E-state index in [4.69, 9.17) is 5.73 Å². The van der Waals surface area contributed by atoms with Crippen molar-refractivity contribution in [1.29, 1.82) is 0 Å². The molecule has 8 aromatic rings. The molecule has 0 aromatic carbocycles. The lowest BCUT2D eigenvalue weighted by Crippen LogP contribution is -1.98. The van der Waals surface area contributed by atoms with Gasteiger partial charge in [0.05, 0.1) is 23.4 Å². The smallest absolute Gasteiger partial charge is 0.115 e. The van der Waals surface area contributed by atoms with Crippen LogP contribution in [0.25, 0.3) is 0 Å². The first-order chi connectivity index (χ1) is 33.0. The fraction of sp³-hybridized carbons (Fsp3) is 0.312. The van der Waals surface area contributed by atoms with Crippen LogP contribution in [0.2, 0.25) is 0 Å². The molecule has 1 aliphatic carbocycles. The molecule has 1 saturated carbocycles. The summed E-state index contributed by atoms with van der Waals surface area (Å²) in [5.74, 6) is 0.797. The number of hydrogen-bond donors (Lipinski definition) is 1. The lowest BCUT2D eigenvalue weighted by molar-refractivity contribution is 0.161. The lowest BCUT2D eigenvalue weighted by Gasteiger charge is -1.91. The zero-order valence-corrected chi connectivity index (χ0v) is 42.7. The molecule has 1 fully saturated rings. The number of hydrogen-bond acceptors (Lipinski definition) is 19. The number of methoxy groups -OCH3 is 1. The van der Waals surface area contributed by atoms with Crippen molar-refractivity contribution in [2.24, 2.45) is 23.1 Å². The van der Waals surface area contributed by atoms with Crippen LogP contribution >= 0.6 is 22.7 Å². The van der Waals surface area contributed by atoms with Gasteiger partial charge in [-0.3, -0.25) is 34.6 Å². The molecular weight excluding hydrogens is 899 g/mol. The van der Waals surface area contributed by atoms with Crippen molar-refractivity contribution in [2.75, 3.05) is 27.6 Å². The Morgan fingerprint density at radius 1 is 0.632 bits per heavy atom. The minimum Gasteiger partial charge on any atom is -0.400 e. The Kier molecular flexibility index (Phi) is 44.3. The van der Waals surface area contributed by atoms with E-state index in [-0.39, 0.29) is 0 Å². The van der Waals surface area contributed by atoms with Crippen molar-refractivity contribution in [1.82, 2.24) is 59.6 Å². The number of oxime groups is 2. The zero-order valence-electron chi connectivity index (χ0n) is 41.1. The van der Waals surface area contributed by atoms with E-state index >= 15 is 0 Å². The van der Waals surface area contributed by atoms with Gasteiger partial charge in [-0.1, -0.05) is 12.1 Å². The summed E-state index contributed by atoms with van der Waals surface area (Å²) in [7, 11) is 4.93. The minimum absolute atomic E-state index is 0.319. The number of aromatic nitrogens is 12. The fourth-order valence-corrected chi connectivity index (χ4v) is 4.61. The second-order valence-electron chi connectivity index (χ2n) is 12.8. The fourth-order valence-electron chi connectivity index (χ4n) is 3.52. The summed E-state index contributed by atoms with van der Waals surface area (Å²) in [4.78, 5) is 47.1. The molecule has 0 unspecified atom stereocenters. The highest BCUT2D eigenvalue weighted by molar-refractivity contribution is 7.07. The van der Waals surface area contributed by atoms with Crippen LogP contribution in [0.1, 0.15) is 65.4 Å². The molecule has 0 atom stereocenters. The summed E-state index contributed by atoms with van der Waals surface area (Å²) in [6.07, 6.45) is 23.1. The van der Waals surface area contributed by atoms with Crippen molar-refractivity contribution in [3.05, 3.63) is 185 Å². The molecule has 20 heteroatoms. The van der Waals surface area contributed by atoms with E-state index in [1.165, 1.54) is 44.0 Å². The van der Waals surface area contributed by atoms with Gasteiger partial charge in [0.25, 0.3) is 0 Å². The van der Waals surface area contributed by atoms with E-state index in [2.05, 4.69) is 105 Å². The Bertz CT molecular complexity index is 2010. The third kappa shape index (κ3) is 45.4. The Labute approximate surface area is 411 Å². The van der Waals surface area contributed by atoms with Gasteiger partial charge in [-0.15, -0.1) is 33.0 Å². The van der Waals surface area contributed by atoms with E-state index in [9.17, 15) is 0 Å². The second kappa shape index (κ2) is 47.8. The summed E-state index contributed by atoms with van der Waals surface area (Å²) >= 11 is 3.26. The van der Waals surface area contributed by atoms with E-state index < -0.39 is 0 Å². The number of thiazole rings is 2. The third-order valence-corrected chi connectivity index (χ3v) is 8.46. The van der Waals surface area contributed by atoms with Gasteiger partial charge < -0.3 is 20.1 Å². The quantitative estimate of drug-likeness (QED) is 0.0963. The number of nitrogens with two attached hydrogens (primary N) is 1. The summed E-state index contributed by atoms with van der Waals surface area (Å²) in [5.41, 5.74) is 16.3. The molecule has 9 rings (SSSR count). The topological polar surface area (TPSA) is 225 Å². The number of rotatable bonds is 5. The molecule has 0 bridgehead atoms. The predicted octanol–water partition coefficient (Wildman–Crippen LogP) is 9.46. The van der Waals surface area contributed by atoms with Gasteiger partial charge in [0.1, 0.15) is 26.4 Å². The highest BCUT2D eigenvalue weighted by atomic mass is 32.1. The summed E-state index contributed by atoms with van der Waals surface area (Å²) < 4.78 is 6.15. The van der Waals surface area contributed by atoms with E-state index in [0.29, 0.717) is 13.3 Å². The van der Waals surface area contributed by atoms with Gasteiger partial charge in [-0.2, -0.15) is 5.10 Å². The first kappa shape index (κ1) is 63.0. The normalized spacial score (nSPS) is 9.51. The van der Waals surface area contributed by atoms with Crippen molar-refractivity contribution in [3.8, 4) is 0 Å². The Morgan fingerprint density at radius 2 is 1.19 bits per heavy atom. The molecule has 2 N–H and O–H groups in total. The SMILES string of the molecule is C=NOC.C=NOCC.COCN.Cc1ccccn1.Cc1ccnn1C.Cc1cnccn1.Cc1cncnc1.Cc1cscn1.Cc1cscn1.c1ccc(C2CC2)nc1.c1cncnc1. The maximum Gasteiger partial charge on any atom is 0.115 e. The largest absolute Gasteiger partial charge is 0.400 e. The molecular formula is C48H69N15O3S2. The van der Waals surface area contributed by atoms with Crippen LogP contribution in [0.3, 0.4) is 0 Å². The minimum atomic E-state index is 0.319. The van der Waals surface area contributed by atoms with Crippen molar-refractivity contribution >= 4 is 36.1 Å². The number of aryl methyl sites for hydroxylation is 7. The van der Waals surface area contributed by atoms with Crippen LogP contribution < -0.4 is 5.73 Å². The Balaban J connectivity index is 0. The number of pyridine rings is 2. The van der Waals surface area contributed by atoms with Crippen LogP contribution in [-0.4, -0.2) is 101 Å². The van der Waals surface area contributed by atoms with Crippen LogP contribution in [0.5, 0.6) is 0 Å². The molecule has 18 nitrogen and oxygen atoms in total. The number of nitrogens with zero attached hydrogens (tertiary/aromatic N) is 14. The van der Waals surface area contributed by atoms with Crippen LogP contribution in [0.4, 0.5) is 0 Å². The highest BCUT2D eigenvalue weighted by Gasteiger charge is 2.23. The maximum absolute atomic E-state index is 4.81. The third-order valence-electron chi connectivity index (χ3n) is 7.05. The molecule has 1 aliphatic rings. The Hall–Kier alpha value is -7.13. The monoisotopic (exact) mass is 968 g/mol. The summed E-state index contributed by atoms with van der Waals surface area (Å²) in [6, 6.07) is 15.7. The molecule has 68 heavy (non-hydrogen) atoms. The lowest BCUT2D eigenvalue weighted by atomic mass is 10.3. The standard InChI is InChI=1S/C8H9N.C6H7N.C5H6N2.C5H8N2.C5H6N2.C4H4N2.2C4H5NS.C3H7NO.C2H7NO.C2H5NO/c1-2-6-9-8(3-1)7-4-5-7;1-6-4-2-3-5-7-6;1-5-2-6-4-7-3-5;1-5-3-4-6-7(5)2;1-5-4-6-2-3-7-5;1-2-5-4-6-3-1;2*1-4-2-6-3-5-4;1-3-5-4-2;1-4-2-3;1-3-4-2/h1-3,6-7H,4-5H2;2-5H,1H3;2-4H,1H3;3-4H,1-2H3;2-4H,1H3;1-4H;2*2-3H,1H3;2-3H2,1H3;2-3H2,1H3;1H2,2H3. The van der Waals surface area contributed by atoms with Crippen LogP contribution in [0, 0.1) is 41.5 Å². The average Bonchev–Trinajstić information content (AvgIpc) is 3.70. The van der Waals surface area contributed by atoms with E-state index in [0.717, 1.165) is 34.3 Å². The molecule has 0 saturated heterocycles. The van der Waals surface area contributed by atoms with Gasteiger partial charge in [0, 0.05) is 135 Å². The summed E-state index contributed by atoms with van der Waals surface area (Å²) in [6.45, 7) is 20.7. The number of ether oxygens (including phenoxy) is 1. The molecule has 0 radical (unpaired) electrons. The van der Waals surface area contributed by atoms with Crippen LogP contribution in [-0.2, 0) is 21.5 Å². The maximum atomic E-state index is 4.81. The van der Waals surface area contributed by atoms with Crippen LogP contribution in [0.15, 0.2) is 155 Å². The van der Waals surface area contributed by atoms with Crippen molar-refractivity contribution in [2.45, 2.75) is 67.2 Å². The van der Waals surface area contributed by atoms with Gasteiger partial charge in [0.2, 0.25) is 0 Å². The van der Waals surface area contributed by atoms with E-state index in [1.807, 2.05) is 119 Å². The average molecular weight is 968 g/mol. The highest BCUT2D eigenvalue weighted by Crippen LogP contribution is 2.38. The predicted molar refractivity (Wildman–Crippen MR) is 276 cm³/mol. The van der Waals surface area contributed by atoms with Gasteiger partial charge >= 0.3 is 0 Å². The molecule has 8 aromatic heterocycles. The molecule has 0 spiro atoms. The van der Waals surface area contributed by atoms with Gasteiger partial charge in [0.15, 0.2) is 0 Å². The molecule has 0 aliphatic heterocycles. The zero-order chi connectivity index (χ0) is 50.7. The van der Waals surface area contributed by atoms with E-state index in [1.54, 1.807) is 91.6 Å². The second-order valence-corrected chi connectivity index (χ2v) is 14.3.